The highest BCUT2D eigenvalue weighted by atomic mass is 32.1. The fourth-order valence-electron chi connectivity index (χ4n) is 1.86. The Balaban J connectivity index is 1.93. The van der Waals surface area contributed by atoms with Crippen LogP contribution in [0, 0.1) is 11.8 Å². The number of thiophene rings is 1. The zero-order chi connectivity index (χ0) is 14.2. The van der Waals surface area contributed by atoms with Gasteiger partial charge in [-0.05, 0) is 30.8 Å². The van der Waals surface area contributed by atoms with Crippen LogP contribution in [0.2, 0.25) is 0 Å². The molecule has 0 spiro atoms. The molecule has 3 nitrogen and oxygen atoms in total. The van der Waals surface area contributed by atoms with Crippen molar-refractivity contribution in [1.82, 2.24) is 4.90 Å². The topological polar surface area (TPSA) is 36.6 Å². The molecule has 2 aromatic rings. The minimum Gasteiger partial charge on any atom is -0.468 e. The van der Waals surface area contributed by atoms with E-state index in [9.17, 15) is 0 Å². The van der Waals surface area contributed by atoms with Crippen molar-refractivity contribution in [2.24, 2.45) is 0 Å². The quantitative estimate of drug-likeness (QED) is 0.830. The zero-order valence-corrected chi connectivity index (χ0v) is 12.4. The molecule has 0 unspecified atom stereocenters. The molecule has 0 aliphatic carbocycles. The predicted octanol–water partition coefficient (Wildman–Crippen LogP) is 3.10. The van der Waals surface area contributed by atoms with E-state index in [0.29, 0.717) is 6.42 Å². The largest absolute Gasteiger partial charge is 0.468 e. The van der Waals surface area contributed by atoms with Crippen molar-refractivity contribution in [2.45, 2.75) is 26.4 Å². The van der Waals surface area contributed by atoms with Gasteiger partial charge in [0.25, 0.3) is 0 Å². The Morgan fingerprint density at radius 1 is 1.30 bits per heavy atom. The SMILES string of the molecule is CCN(Cc1ccco1)Cc1ccc(C#CCCO)s1. The lowest BCUT2D eigenvalue weighted by molar-refractivity contribution is 0.250. The van der Waals surface area contributed by atoms with Crippen molar-refractivity contribution < 1.29 is 9.52 Å². The van der Waals surface area contributed by atoms with Gasteiger partial charge in [-0.15, -0.1) is 11.3 Å². The third kappa shape index (κ3) is 4.53. The van der Waals surface area contributed by atoms with Gasteiger partial charge in [0, 0.05) is 17.8 Å². The van der Waals surface area contributed by atoms with Crippen LogP contribution in [0.5, 0.6) is 0 Å². The normalized spacial score (nSPS) is 10.6. The summed E-state index contributed by atoms with van der Waals surface area (Å²) >= 11 is 1.71. The van der Waals surface area contributed by atoms with Gasteiger partial charge in [0.1, 0.15) is 5.76 Å². The van der Waals surface area contributed by atoms with Gasteiger partial charge in [-0.25, -0.2) is 0 Å². The summed E-state index contributed by atoms with van der Waals surface area (Å²) in [7, 11) is 0. The van der Waals surface area contributed by atoms with Crippen LogP contribution in [-0.4, -0.2) is 23.2 Å². The molecule has 0 fully saturated rings. The van der Waals surface area contributed by atoms with Crippen LogP contribution < -0.4 is 0 Å². The van der Waals surface area contributed by atoms with E-state index in [-0.39, 0.29) is 6.61 Å². The molecule has 2 aromatic heterocycles. The molecule has 20 heavy (non-hydrogen) atoms. The molecule has 1 N–H and O–H groups in total. The first-order valence-corrected chi connectivity index (χ1v) is 7.56. The molecule has 0 radical (unpaired) electrons. The average Bonchev–Trinajstić information content (AvgIpc) is 3.10. The minimum absolute atomic E-state index is 0.123. The van der Waals surface area contributed by atoms with Gasteiger partial charge in [0.15, 0.2) is 0 Å². The first-order chi connectivity index (χ1) is 9.81. The van der Waals surface area contributed by atoms with Gasteiger partial charge >= 0.3 is 0 Å². The van der Waals surface area contributed by atoms with E-state index in [1.807, 2.05) is 18.2 Å². The Hall–Kier alpha value is -1.54. The van der Waals surface area contributed by atoms with Gasteiger partial charge in [-0.3, -0.25) is 4.90 Å². The summed E-state index contributed by atoms with van der Waals surface area (Å²) in [5, 5.41) is 8.71. The highest BCUT2D eigenvalue weighted by molar-refractivity contribution is 7.12. The van der Waals surface area contributed by atoms with Crippen molar-refractivity contribution in [1.29, 1.82) is 0 Å². The zero-order valence-electron chi connectivity index (χ0n) is 11.6. The monoisotopic (exact) mass is 289 g/mol. The molecule has 0 aromatic carbocycles. The van der Waals surface area contributed by atoms with Crippen molar-refractivity contribution in [2.75, 3.05) is 13.2 Å². The van der Waals surface area contributed by atoms with Crippen molar-refractivity contribution >= 4 is 11.3 Å². The van der Waals surface area contributed by atoms with Crippen molar-refractivity contribution in [3.05, 3.63) is 46.0 Å². The number of hydrogen-bond donors (Lipinski definition) is 1. The molecule has 0 saturated heterocycles. The maximum Gasteiger partial charge on any atom is 0.117 e. The van der Waals surface area contributed by atoms with Gasteiger partial charge in [0.05, 0.1) is 24.3 Å². The molecule has 0 amide bonds. The standard InChI is InChI=1S/C16H19NO2S/c1-2-17(12-14-6-5-11-19-14)13-16-9-8-15(20-16)7-3-4-10-18/h5-6,8-9,11,18H,2,4,10,12-13H2,1H3. The lowest BCUT2D eigenvalue weighted by Crippen LogP contribution is -2.21. The Morgan fingerprint density at radius 3 is 2.90 bits per heavy atom. The van der Waals surface area contributed by atoms with Gasteiger partial charge in [-0.1, -0.05) is 18.8 Å². The Bertz CT molecular complexity index is 563. The van der Waals surface area contributed by atoms with E-state index in [1.165, 1.54) is 4.88 Å². The van der Waals surface area contributed by atoms with E-state index >= 15 is 0 Å². The molecule has 0 atom stereocenters. The van der Waals surface area contributed by atoms with Crippen LogP contribution in [-0.2, 0) is 13.1 Å². The third-order valence-electron chi connectivity index (χ3n) is 2.90. The highest BCUT2D eigenvalue weighted by Crippen LogP contribution is 2.18. The lowest BCUT2D eigenvalue weighted by Gasteiger charge is -2.17. The number of hydrogen-bond acceptors (Lipinski definition) is 4. The van der Waals surface area contributed by atoms with E-state index in [4.69, 9.17) is 9.52 Å². The summed E-state index contributed by atoms with van der Waals surface area (Å²) < 4.78 is 5.39. The summed E-state index contributed by atoms with van der Waals surface area (Å²) in [5.74, 6) is 7.02. The molecular formula is C16H19NO2S. The number of nitrogens with zero attached hydrogens (tertiary/aromatic N) is 1. The second kappa shape index (κ2) is 7.91. The second-order valence-corrected chi connectivity index (χ2v) is 5.59. The fraction of sp³-hybridized carbons (Fsp3) is 0.375. The smallest absolute Gasteiger partial charge is 0.117 e. The lowest BCUT2D eigenvalue weighted by atomic mass is 10.3. The second-order valence-electron chi connectivity index (χ2n) is 4.42. The predicted molar refractivity (Wildman–Crippen MR) is 81.4 cm³/mol. The van der Waals surface area contributed by atoms with Gasteiger partial charge in [-0.2, -0.15) is 0 Å². The number of aliphatic hydroxyl groups is 1. The first-order valence-electron chi connectivity index (χ1n) is 6.75. The maximum absolute atomic E-state index is 8.71. The fourth-order valence-corrected chi connectivity index (χ4v) is 2.78. The Morgan fingerprint density at radius 2 is 2.20 bits per heavy atom. The number of rotatable bonds is 6. The Kier molecular flexibility index (Phi) is 5.87. The molecular weight excluding hydrogens is 270 g/mol. The summed E-state index contributed by atoms with van der Waals surface area (Å²) in [6.45, 7) is 4.98. The van der Waals surface area contributed by atoms with Gasteiger partial charge < -0.3 is 9.52 Å². The summed E-state index contributed by atoms with van der Waals surface area (Å²) in [4.78, 5) is 4.68. The van der Waals surface area contributed by atoms with Crippen LogP contribution in [0.1, 0.15) is 28.9 Å². The molecule has 2 heterocycles. The van der Waals surface area contributed by atoms with E-state index in [1.54, 1.807) is 17.6 Å². The molecule has 0 bridgehead atoms. The summed E-state index contributed by atoms with van der Waals surface area (Å²) in [6, 6.07) is 8.09. The number of furan rings is 1. The molecule has 2 rings (SSSR count). The molecule has 0 aliphatic heterocycles. The van der Waals surface area contributed by atoms with Crippen LogP contribution in [0.15, 0.2) is 34.9 Å². The third-order valence-corrected chi connectivity index (χ3v) is 3.88. The summed E-state index contributed by atoms with van der Waals surface area (Å²) in [6.07, 6.45) is 2.25. The average molecular weight is 289 g/mol. The van der Waals surface area contributed by atoms with Gasteiger partial charge in [0.2, 0.25) is 0 Å². The van der Waals surface area contributed by atoms with E-state index in [0.717, 1.165) is 30.3 Å². The van der Waals surface area contributed by atoms with E-state index < -0.39 is 0 Å². The van der Waals surface area contributed by atoms with Crippen molar-refractivity contribution in [3.8, 4) is 11.8 Å². The maximum atomic E-state index is 8.71. The first kappa shape index (κ1) is 14.9. The minimum atomic E-state index is 0.123. The Labute approximate surface area is 123 Å². The molecule has 106 valence electrons. The van der Waals surface area contributed by atoms with Crippen LogP contribution in [0.4, 0.5) is 0 Å². The summed E-state index contributed by atoms with van der Waals surface area (Å²) in [5.41, 5.74) is 0. The molecule has 0 aliphatic rings. The molecule has 0 saturated carbocycles. The van der Waals surface area contributed by atoms with Crippen molar-refractivity contribution in [3.63, 3.8) is 0 Å². The van der Waals surface area contributed by atoms with Crippen LogP contribution in [0.25, 0.3) is 0 Å². The highest BCUT2D eigenvalue weighted by Gasteiger charge is 2.08. The van der Waals surface area contributed by atoms with Crippen LogP contribution in [0.3, 0.4) is 0 Å². The van der Waals surface area contributed by atoms with E-state index in [2.05, 4.69) is 29.7 Å². The van der Waals surface area contributed by atoms with Crippen LogP contribution >= 0.6 is 11.3 Å². The molecule has 4 heteroatoms. The number of aliphatic hydroxyl groups excluding tert-OH is 1.